The number of aliphatic hydroxyl groups excluding tert-OH is 1. The van der Waals surface area contributed by atoms with E-state index in [4.69, 9.17) is 34.7 Å². The summed E-state index contributed by atoms with van der Waals surface area (Å²) in [6, 6.07) is 6.38. The molecule has 0 aromatic heterocycles. The van der Waals surface area contributed by atoms with Gasteiger partial charge in [0.05, 0.1) is 5.02 Å². The zero-order valence-electron chi connectivity index (χ0n) is 10.8. The van der Waals surface area contributed by atoms with E-state index in [1.54, 1.807) is 0 Å². The van der Waals surface area contributed by atoms with Crippen LogP contribution in [0.2, 0.25) is 5.02 Å². The number of nitrogens with two attached hydrogens (primary N) is 1. The first-order valence-corrected chi connectivity index (χ1v) is 7.39. The van der Waals surface area contributed by atoms with Crippen molar-refractivity contribution in [2.24, 2.45) is 5.73 Å². The Morgan fingerprint density at radius 3 is 2.68 bits per heavy atom. The van der Waals surface area contributed by atoms with Crippen molar-refractivity contribution in [3.8, 4) is 0 Å². The maximum Gasteiger partial charge on any atom is 0.105 e. The van der Waals surface area contributed by atoms with E-state index < -0.39 is 0 Å². The average molecular weight is 299 g/mol. The molecule has 1 fully saturated rings. The van der Waals surface area contributed by atoms with Gasteiger partial charge in [0, 0.05) is 30.4 Å². The summed E-state index contributed by atoms with van der Waals surface area (Å²) in [5.74, 6) is 0. The summed E-state index contributed by atoms with van der Waals surface area (Å²) in [5.41, 5.74) is 7.42. The van der Waals surface area contributed by atoms with Gasteiger partial charge in [-0.15, -0.1) is 0 Å². The van der Waals surface area contributed by atoms with Gasteiger partial charge in [0.25, 0.3) is 0 Å². The van der Waals surface area contributed by atoms with Crippen LogP contribution < -0.4 is 10.6 Å². The minimum Gasteiger partial charge on any atom is -0.396 e. The summed E-state index contributed by atoms with van der Waals surface area (Å²) < 4.78 is 0. The number of hydrogen-bond donors (Lipinski definition) is 2. The van der Waals surface area contributed by atoms with E-state index in [1.807, 2.05) is 18.2 Å². The van der Waals surface area contributed by atoms with Crippen LogP contribution in [-0.2, 0) is 0 Å². The Morgan fingerprint density at radius 1 is 1.47 bits per heavy atom. The fourth-order valence-corrected chi connectivity index (χ4v) is 2.86. The maximum absolute atomic E-state index is 9.02. The lowest BCUT2D eigenvalue weighted by atomic mass is 9.91. The predicted molar refractivity (Wildman–Crippen MR) is 84.0 cm³/mol. The number of benzene rings is 1. The minimum atomic E-state index is 0.210. The molecule has 0 amide bonds. The summed E-state index contributed by atoms with van der Waals surface area (Å²) in [7, 11) is 0. The van der Waals surface area contributed by atoms with E-state index in [9.17, 15) is 0 Å². The third-order valence-electron chi connectivity index (χ3n) is 3.62. The first kappa shape index (κ1) is 14.6. The lowest BCUT2D eigenvalue weighted by Gasteiger charge is -2.39. The molecule has 1 aliphatic carbocycles. The Balaban J connectivity index is 2.20. The van der Waals surface area contributed by atoms with E-state index in [0.29, 0.717) is 16.1 Å². The topological polar surface area (TPSA) is 49.5 Å². The van der Waals surface area contributed by atoms with Crippen LogP contribution in [0.4, 0.5) is 5.69 Å². The number of hydrogen-bond acceptors (Lipinski definition) is 3. The maximum atomic E-state index is 9.02. The molecule has 0 radical (unpaired) electrons. The number of nitrogens with zero attached hydrogens (tertiary/aromatic N) is 1. The van der Waals surface area contributed by atoms with Crippen LogP contribution in [-0.4, -0.2) is 29.3 Å². The second-order valence-corrected chi connectivity index (χ2v) is 5.73. The monoisotopic (exact) mass is 298 g/mol. The highest BCUT2D eigenvalue weighted by atomic mass is 35.5. The first-order chi connectivity index (χ1) is 9.13. The predicted octanol–water partition coefficient (Wildman–Crippen LogP) is 2.72. The lowest BCUT2D eigenvalue weighted by Crippen LogP contribution is -2.41. The summed E-state index contributed by atoms with van der Waals surface area (Å²) in [6.07, 6.45) is 4.46. The van der Waals surface area contributed by atoms with Gasteiger partial charge in [0.15, 0.2) is 0 Å². The molecule has 1 aromatic rings. The second-order valence-electron chi connectivity index (χ2n) is 4.88. The van der Waals surface area contributed by atoms with Crippen molar-refractivity contribution in [2.75, 3.05) is 18.1 Å². The van der Waals surface area contributed by atoms with Crippen LogP contribution >= 0.6 is 23.8 Å². The summed E-state index contributed by atoms with van der Waals surface area (Å²) in [6.45, 7) is 1.06. The highest BCUT2D eigenvalue weighted by Gasteiger charge is 2.25. The van der Waals surface area contributed by atoms with Gasteiger partial charge in [-0.25, -0.2) is 0 Å². The molecule has 2 rings (SSSR count). The van der Waals surface area contributed by atoms with E-state index in [2.05, 4.69) is 4.90 Å². The van der Waals surface area contributed by atoms with Gasteiger partial charge in [-0.05, 0) is 43.9 Å². The minimum absolute atomic E-state index is 0.210. The number of halogens is 1. The third kappa shape index (κ3) is 3.38. The normalized spacial score (nSPS) is 15.1. The van der Waals surface area contributed by atoms with E-state index >= 15 is 0 Å². The lowest BCUT2D eigenvalue weighted by molar-refractivity contribution is 0.283. The van der Waals surface area contributed by atoms with Crippen molar-refractivity contribution in [3.63, 3.8) is 0 Å². The molecule has 19 heavy (non-hydrogen) atoms. The molecule has 104 valence electrons. The van der Waals surface area contributed by atoms with Gasteiger partial charge >= 0.3 is 0 Å². The van der Waals surface area contributed by atoms with Crippen LogP contribution in [0.3, 0.4) is 0 Å². The van der Waals surface area contributed by atoms with Gasteiger partial charge in [-0.3, -0.25) is 0 Å². The standard InChI is InChI=1S/C14H19ClN2OS/c15-13-9-11(5-6-12(13)14(16)19)17(7-2-8-18)10-3-1-4-10/h5-6,9-10,18H,1-4,7-8H2,(H2,16,19). The highest BCUT2D eigenvalue weighted by molar-refractivity contribution is 7.80. The van der Waals surface area contributed by atoms with Crippen LogP contribution in [0, 0.1) is 0 Å². The van der Waals surface area contributed by atoms with Crippen LogP contribution in [0.25, 0.3) is 0 Å². The molecule has 5 heteroatoms. The summed E-state index contributed by atoms with van der Waals surface area (Å²) >= 11 is 11.2. The molecule has 0 saturated heterocycles. The van der Waals surface area contributed by atoms with Crippen molar-refractivity contribution in [1.29, 1.82) is 0 Å². The molecule has 3 N–H and O–H groups in total. The van der Waals surface area contributed by atoms with Crippen molar-refractivity contribution in [1.82, 2.24) is 0 Å². The molecule has 1 saturated carbocycles. The molecule has 0 aliphatic heterocycles. The number of rotatable bonds is 6. The van der Waals surface area contributed by atoms with Crippen molar-refractivity contribution >= 4 is 34.5 Å². The Bertz CT molecular complexity index is 463. The zero-order chi connectivity index (χ0) is 13.8. The molecular formula is C14H19ClN2OS. The van der Waals surface area contributed by atoms with Gasteiger partial charge in [-0.2, -0.15) is 0 Å². The Hall–Kier alpha value is -0.840. The molecule has 0 bridgehead atoms. The largest absolute Gasteiger partial charge is 0.396 e. The SMILES string of the molecule is NC(=S)c1ccc(N(CCCO)C2CCC2)cc1Cl. The summed E-state index contributed by atoms with van der Waals surface area (Å²) in [5, 5.41) is 9.62. The van der Waals surface area contributed by atoms with Crippen molar-refractivity contribution < 1.29 is 5.11 Å². The van der Waals surface area contributed by atoms with Gasteiger partial charge in [-0.1, -0.05) is 23.8 Å². The fourth-order valence-electron chi connectivity index (χ4n) is 2.34. The number of anilines is 1. The Morgan fingerprint density at radius 2 is 2.21 bits per heavy atom. The molecule has 1 aliphatic rings. The third-order valence-corrected chi connectivity index (χ3v) is 4.15. The Kier molecular flexibility index (Phi) is 5.02. The van der Waals surface area contributed by atoms with E-state index in [0.717, 1.165) is 24.2 Å². The van der Waals surface area contributed by atoms with Crippen molar-refractivity contribution in [3.05, 3.63) is 28.8 Å². The molecule has 1 aromatic carbocycles. The van der Waals surface area contributed by atoms with Crippen LogP contribution in [0.1, 0.15) is 31.2 Å². The van der Waals surface area contributed by atoms with Crippen molar-refractivity contribution in [2.45, 2.75) is 31.7 Å². The van der Waals surface area contributed by atoms with Gasteiger partial charge in [0.1, 0.15) is 4.99 Å². The number of aliphatic hydroxyl groups is 1. The molecule has 3 nitrogen and oxygen atoms in total. The summed E-state index contributed by atoms with van der Waals surface area (Å²) in [4.78, 5) is 2.65. The van der Waals surface area contributed by atoms with Gasteiger partial charge in [0.2, 0.25) is 0 Å². The van der Waals surface area contributed by atoms with Crippen LogP contribution in [0.5, 0.6) is 0 Å². The molecule has 0 heterocycles. The first-order valence-electron chi connectivity index (χ1n) is 6.60. The molecule has 0 unspecified atom stereocenters. The average Bonchev–Trinajstić information content (AvgIpc) is 2.31. The molecule has 0 spiro atoms. The second kappa shape index (κ2) is 6.55. The molecule has 0 atom stereocenters. The van der Waals surface area contributed by atoms with Crippen LogP contribution in [0.15, 0.2) is 18.2 Å². The number of thiocarbonyl (C=S) groups is 1. The fraction of sp³-hybridized carbons (Fsp3) is 0.500. The Labute approximate surface area is 124 Å². The quantitative estimate of drug-likeness (QED) is 0.793. The van der Waals surface area contributed by atoms with E-state index in [1.165, 1.54) is 19.3 Å². The van der Waals surface area contributed by atoms with Gasteiger partial charge < -0.3 is 15.7 Å². The zero-order valence-corrected chi connectivity index (χ0v) is 12.4. The highest BCUT2D eigenvalue weighted by Crippen LogP contribution is 2.32. The van der Waals surface area contributed by atoms with E-state index in [-0.39, 0.29) is 6.61 Å². The molecular weight excluding hydrogens is 280 g/mol. The smallest absolute Gasteiger partial charge is 0.105 e.